The summed E-state index contributed by atoms with van der Waals surface area (Å²) in [7, 11) is 0. The molecule has 0 saturated carbocycles. The van der Waals surface area contributed by atoms with Crippen molar-refractivity contribution in [1.82, 2.24) is 0 Å². The Labute approximate surface area is 117 Å². The number of anilines is 2. The topological polar surface area (TPSA) is 38.0 Å². The lowest BCUT2D eigenvalue weighted by atomic mass is 10.1. The summed E-state index contributed by atoms with van der Waals surface area (Å²) >= 11 is 11.0. The van der Waals surface area contributed by atoms with Crippen LogP contribution in [0.2, 0.25) is 5.02 Å². The molecule has 3 N–H and O–H groups in total. The summed E-state index contributed by atoms with van der Waals surface area (Å²) in [4.78, 5) is 0.327. The smallest absolute Gasteiger partial charge is 0.106 e. The Balaban J connectivity index is 2.41. The van der Waals surface area contributed by atoms with Crippen LogP contribution in [0.25, 0.3) is 0 Å². The molecule has 2 aromatic rings. The summed E-state index contributed by atoms with van der Waals surface area (Å²) in [5, 5.41) is 3.94. The van der Waals surface area contributed by atoms with Crippen LogP contribution in [0, 0.1) is 6.92 Å². The first-order valence-electron chi connectivity index (χ1n) is 5.50. The predicted octanol–water partition coefficient (Wildman–Crippen LogP) is 4.03. The van der Waals surface area contributed by atoms with E-state index >= 15 is 0 Å². The van der Waals surface area contributed by atoms with E-state index in [0.29, 0.717) is 10.0 Å². The number of para-hydroxylation sites is 1. The minimum absolute atomic E-state index is 0.327. The fraction of sp³-hybridized carbons (Fsp3) is 0.0714. The highest BCUT2D eigenvalue weighted by Crippen LogP contribution is 2.25. The zero-order valence-corrected chi connectivity index (χ0v) is 11.5. The van der Waals surface area contributed by atoms with Crippen LogP contribution in [-0.4, -0.2) is 4.99 Å². The normalized spacial score (nSPS) is 10.1. The molecule has 0 aliphatic rings. The molecule has 0 aliphatic carbocycles. The Morgan fingerprint density at radius 1 is 1.17 bits per heavy atom. The van der Waals surface area contributed by atoms with Gasteiger partial charge in [-0.2, -0.15) is 0 Å². The molecule has 0 spiro atoms. The first-order chi connectivity index (χ1) is 8.58. The van der Waals surface area contributed by atoms with Crippen LogP contribution in [0.5, 0.6) is 0 Å². The summed E-state index contributed by atoms with van der Waals surface area (Å²) < 4.78 is 0. The highest BCUT2D eigenvalue weighted by molar-refractivity contribution is 7.80. The zero-order valence-electron chi connectivity index (χ0n) is 9.91. The van der Waals surface area contributed by atoms with Gasteiger partial charge in [0.1, 0.15) is 4.99 Å². The van der Waals surface area contributed by atoms with Gasteiger partial charge in [0.05, 0.1) is 0 Å². The molecule has 92 valence electrons. The van der Waals surface area contributed by atoms with Crippen LogP contribution in [0.4, 0.5) is 11.4 Å². The van der Waals surface area contributed by atoms with Crippen molar-refractivity contribution >= 4 is 40.2 Å². The van der Waals surface area contributed by atoms with Gasteiger partial charge >= 0.3 is 0 Å². The number of nitrogens with two attached hydrogens (primary N) is 1. The maximum atomic E-state index is 5.95. The number of aryl methyl sites for hydroxylation is 1. The molecule has 2 rings (SSSR count). The molecule has 0 atom stereocenters. The van der Waals surface area contributed by atoms with Crippen molar-refractivity contribution in [3.05, 3.63) is 58.6 Å². The van der Waals surface area contributed by atoms with Crippen molar-refractivity contribution in [2.45, 2.75) is 6.92 Å². The predicted molar refractivity (Wildman–Crippen MR) is 81.8 cm³/mol. The van der Waals surface area contributed by atoms with Gasteiger partial charge in [0, 0.05) is 22.0 Å². The summed E-state index contributed by atoms with van der Waals surface area (Å²) in [6, 6.07) is 13.5. The van der Waals surface area contributed by atoms with Gasteiger partial charge in [0.25, 0.3) is 0 Å². The summed E-state index contributed by atoms with van der Waals surface area (Å²) in [5.74, 6) is 0. The Morgan fingerprint density at radius 3 is 2.56 bits per heavy atom. The Hall–Kier alpha value is -1.58. The first kappa shape index (κ1) is 12.9. The first-order valence-corrected chi connectivity index (χ1v) is 6.28. The van der Waals surface area contributed by atoms with E-state index in [2.05, 4.69) is 5.32 Å². The molecule has 0 aliphatic heterocycles. The van der Waals surface area contributed by atoms with Gasteiger partial charge in [-0.05, 0) is 36.8 Å². The molecular weight excluding hydrogens is 264 g/mol. The van der Waals surface area contributed by atoms with E-state index in [-0.39, 0.29) is 0 Å². The summed E-state index contributed by atoms with van der Waals surface area (Å²) in [6.07, 6.45) is 0. The van der Waals surface area contributed by atoms with E-state index in [1.807, 2.05) is 43.3 Å². The summed E-state index contributed by atoms with van der Waals surface area (Å²) in [5.41, 5.74) is 9.50. The number of halogens is 1. The lowest BCUT2D eigenvalue weighted by molar-refractivity contribution is 1.43. The highest BCUT2D eigenvalue weighted by atomic mass is 35.5. The summed E-state index contributed by atoms with van der Waals surface area (Å²) in [6.45, 7) is 2.04. The molecular formula is C14H13ClN2S. The SMILES string of the molecule is Cc1ccccc1Nc1ccc(Cl)cc1C(N)=S. The maximum Gasteiger partial charge on any atom is 0.106 e. The third kappa shape index (κ3) is 2.81. The standard InChI is InChI=1S/C14H13ClN2S/c1-9-4-2-3-5-12(9)17-13-7-6-10(15)8-11(13)14(16)18/h2-8,17H,1H3,(H2,16,18). The van der Waals surface area contributed by atoms with E-state index in [0.717, 1.165) is 22.5 Å². The number of nitrogens with one attached hydrogen (secondary N) is 1. The average Bonchev–Trinajstić information content (AvgIpc) is 2.34. The number of thiocarbonyl (C=S) groups is 1. The van der Waals surface area contributed by atoms with Crippen LogP contribution >= 0.6 is 23.8 Å². The van der Waals surface area contributed by atoms with Crippen molar-refractivity contribution in [2.24, 2.45) is 5.73 Å². The molecule has 18 heavy (non-hydrogen) atoms. The molecule has 4 heteroatoms. The molecule has 0 radical (unpaired) electrons. The molecule has 0 fully saturated rings. The molecule has 0 unspecified atom stereocenters. The minimum atomic E-state index is 0.327. The Morgan fingerprint density at radius 2 is 1.89 bits per heavy atom. The number of hydrogen-bond donors (Lipinski definition) is 2. The van der Waals surface area contributed by atoms with Gasteiger partial charge in [0.2, 0.25) is 0 Å². The highest BCUT2D eigenvalue weighted by Gasteiger charge is 2.07. The van der Waals surface area contributed by atoms with Crippen molar-refractivity contribution in [2.75, 3.05) is 5.32 Å². The number of rotatable bonds is 3. The van der Waals surface area contributed by atoms with E-state index in [4.69, 9.17) is 29.6 Å². The minimum Gasteiger partial charge on any atom is -0.389 e. The Kier molecular flexibility index (Phi) is 3.84. The van der Waals surface area contributed by atoms with Gasteiger partial charge in [-0.15, -0.1) is 0 Å². The quantitative estimate of drug-likeness (QED) is 0.832. The van der Waals surface area contributed by atoms with E-state index in [1.54, 1.807) is 6.07 Å². The lowest BCUT2D eigenvalue weighted by Crippen LogP contribution is -2.12. The van der Waals surface area contributed by atoms with Crippen LogP contribution in [0.15, 0.2) is 42.5 Å². The van der Waals surface area contributed by atoms with Gasteiger partial charge in [-0.3, -0.25) is 0 Å². The monoisotopic (exact) mass is 276 g/mol. The van der Waals surface area contributed by atoms with Crippen molar-refractivity contribution in [3.63, 3.8) is 0 Å². The number of hydrogen-bond acceptors (Lipinski definition) is 2. The fourth-order valence-corrected chi connectivity index (χ4v) is 2.03. The second-order valence-corrected chi connectivity index (χ2v) is 4.87. The second-order valence-electron chi connectivity index (χ2n) is 3.99. The lowest BCUT2D eigenvalue weighted by Gasteiger charge is -2.13. The van der Waals surface area contributed by atoms with Crippen molar-refractivity contribution in [1.29, 1.82) is 0 Å². The van der Waals surface area contributed by atoms with Crippen LogP contribution < -0.4 is 11.1 Å². The van der Waals surface area contributed by atoms with Gasteiger partial charge in [-0.1, -0.05) is 42.0 Å². The maximum absolute atomic E-state index is 5.95. The van der Waals surface area contributed by atoms with E-state index in [1.165, 1.54) is 0 Å². The molecule has 0 bridgehead atoms. The molecule has 2 aromatic carbocycles. The zero-order chi connectivity index (χ0) is 13.1. The van der Waals surface area contributed by atoms with E-state index in [9.17, 15) is 0 Å². The largest absolute Gasteiger partial charge is 0.389 e. The molecule has 0 saturated heterocycles. The Bertz CT molecular complexity index is 596. The van der Waals surface area contributed by atoms with Crippen LogP contribution in [0.3, 0.4) is 0 Å². The number of benzene rings is 2. The molecule has 0 amide bonds. The van der Waals surface area contributed by atoms with Crippen molar-refractivity contribution < 1.29 is 0 Å². The van der Waals surface area contributed by atoms with Crippen molar-refractivity contribution in [3.8, 4) is 0 Å². The molecule has 0 heterocycles. The van der Waals surface area contributed by atoms with Gasteiger partial charge in [-0.25, -0.2) is 0 Å². The third-order valence-corrected chi connectivity index (χ3v) is 3.12. The van der Waals surface area contributed by atoms with Gasteiger partial charge in [0.15, 0.2) is 0 Å². The van der Waals surface area contributed by atoms with Gasteiger partial charge < -0.3 is 11.1 Å². The van der Waals surface area contributed by atoms with E-state index < -0.39 is 0 Å². The molecule has 0 aromatic heterocycles. The average molecular weight is 277 g/mol. The fourth-order valence-electron chi connectivity index (χ4n) is 1.69. The van der Waals surface area contributed by atoms with Crippen LogP contribution in [-0.2, 0) is 0 Å². The molecule has 2 nitrogen and oxygen atoms in total. The second kappa shape index (κ2) is 5.38. The third-order valence-electron chi connectivity index (χ3n) is 2.66. The van der Waals surface area contributed by atoms with Crippen LogP contribution in [0.1, 0.15) is 11.1 Å².